The van der Waals surface area contributed by atoms with E-state index in [1.165, 1.54) is 16.7 Å². The van der Waals surface area contributed by atoms with E-state index in [1.54, 1.807) is 0 Å². The Labute approximate surface area is 128 Å². The zero-order chi connectivity index (χ0) is 15.5. The monoisotopic (exact) mass is 282 g/mol. The van der Waals surface area contributed by atoms with Crippen LogP contribution in [0.15, 0.2) is 58.7 Å². The Kier molecular flexibility index (Phi) is 4.66. The average molecular weight is 282 g/mol. The third kappa shape index (κ3) is 4.59. The van der Waals surface area contributed by atoms with Crippen molar-refractivity contribution >= 4 is 5.71 Å². The van der Waals surface area contributed by atoms with E-state index in [4.69, 9.17) is 5.10 Å². The molecule has 2 rings (SSSR count). The van der Waals surface area contributed by atoms with Crippen molar-refractivity contribution in [1.29, 1.82) is 0 Å². The van der Waals surface area contributed by atoms with Gasteiger partial charge in [-0.1, -0.05) is 53.6 Å². The molecule has 1 atom stereocenters. The molecule has 1 unspecified atom stereocenters. The molecule has 0 heterocycles. The molecule has 0 aromatic heterocycles. The van der Waals surface area contributed by atoms with Crippen molar-refractivity contribution in [1.82, 2.24) is 5.43 Å². The lowest BCUT2D eigenvalue weighted by Crippen LogP contribution is -2.32. The van der Waals surface area contributed by atoms with Crippen LogP contribution in [0.5, 0.6) is 0 Å². The summed E-state index contributed by atoms with van der Waals surface area (Å²) in [7, 11) is 0. The van der Waals surface area contributed by atoms with Crippen LogP contribution < -0.4 is 5.43 Å². The first-order valence-corrected chi connectivity index (χ1v) is 7.61. The Morgan fingerprint density at radius 2 is 1.81 bits per heavy atom. The van der Waals surface area contributed by atoms with Crippen LogP contribution in [0, 0.1) is 5.92 Å². The Hall–Kier alpha value is -1.83. The van der Waals surface area contributed by atoms with Gasteiger partial charge in [-0.15, -0.1) is 0 Å². The van der Waals surface area contributed by atoms with Crippen LogP contribution >= 0.6 is 0 Å². The van der Waals surface area contributed by atoms with Gasteiger partial charge in [0.2, 0.25) is 0 Å². The predicted octanol–water partition coefficient (Wildman–Crippen LogP) is 4.69. The highest BCUT2D eigenvalue weighted by atomic mass is 15.3. The van der Waals surface area contributed by atoms with E-state index in [2.05, 4.69) is 76.5 Å². The number of nitrogens with one attached hydrogen (secondary N) is 1. The maximum atomic E-state index is 4.70. The molecule has 0 bridgehead atoms. The number of rotatable bonds is 4. The fourth-order valence-electron chi connectivity index (χ4n) is 2.49. The largest absolute Gasteiger partial charge is 0.305 e. The molecule has 0 saturated heterocycles. The molecule has 1 aromatic carbocycles. The van der Waals surface area contributed by atoms with Crippen LogP contribution in [0.4, 0.5) is 0 Å². The molecule has 0 saturated carbocycles. The Balaban J connectivity index is 2.23. The van der Waals surface area contributed by atoms with Crippen LogP contribution in [0.3, 0.4) is 0 Å². The van der Waals surface area contributed by atoms with Gasteiger partial charge in [-0.3, -0.25) is 0 Å². The van der Waals surface area contributed by atoms with Crippen molar-refractivity contribution in [2.24, 2.45) is 11.0 Å². The minimum absolute atomic E-state index is 0.0215. The second kappa shape index (κ2) is 6.30. The van der Waals surface area contributed by atoms with Crippen LogP contribution in [0.25, 0.3) is 0 Å². The second-order valence-corrected chi connectivity index (χ2v) is 6.90. The Morgan fingerprint density at radius 1 is 1.14 bits per heavy atom. The highest BCUT2D eigenvalue weighted by Crippen LogP contribution is 2.28. The van der Waals surface area contributed by atoms with Crippen molar-refractivity contribution in [2.45, 2.75) is 46.6 Å². The summed E-state index contributed by atoms with van der Waals surface area (Å²) in [5, 5.41) is 4.70. The fraction of sp³-hybridized carbons (Fsp3) is 0.421. The average Bonchev–Trinajstić information content (AvgIpc) is 2.72. The van der Waals surface area contributed by atoms with Crippen LogP contribution in [-0.2, 0) is 0 Å². The SMILES string of the molecule is CC1=CC(CC(=NNC(C)(C)C)c2ccccc2)C(C)=C1. The van der Waals surface area contributed by atoms with Gasteiger partial charge in [0.25, 0.3) is 0 Å². The van der Waals surface area contributed by atoms with Crippen LogP contribution in [-0.4, -0.2) is 11.3 Å². The van der Waals surface area contributed by atoms with Crippen molar-refractivity contribution < 1.29 is 0 Å². The summed E-state index contributed by atoms with van der Waals surface area (Å²) in [4.78, 5) is 0. The molecular weight excluding hydrogens is 256 g/mol. The predicted molar refractivity (Wildman–Crippen MR) is 91.5 cm³/mol. The van der Waals surface area contributed by atoms with E-state index in [0.717, 1.165) is 12.1 Å². The molecule has 0 aliphatic heterocycles. The van der Waals surface area contributed by atoms with Gasteiger partial charge in [0.15, 0.2) is 0 Å². The van der Waals surface area contributed by atoms with Crippen molar-refractivity contribution in [3.05, 3.63) is 59.2 Å². The lowest BCUT2D eigenvalue weighted by Gasteiger charge is -2.20. The molecular formula is C19H26N2. The number of benzene rings is 1. The van der Waals surface area contributed by atoms with Gasteiger partial charge < -0.3 is 5.43 Å². The number of hydrogen-bond acceptors (Lipinski definition) is 2. The first-order valence-electron chi connectivity index (χ1n) is 7.61. The van der Waals surface area contributed by atoms with Gasteiger partial charge in [-0.2, -0.15) is 5.10 Å². The van der Waals surface area contributed by atoms with E-state index >= 15 is 0 Å². The number of hydrogen-bond donors (Lipinski definition) is 1. The maximum Gasteiger partial charge on any atom is 0.0684 e. The summed E-state index contributed by atoms with van der Waals surface area (Å²) in [5.41, 5.74) is 8.34. The molecule has 0 radical (unpaired) electrons. The van der Waals surface area contributed by atoms with E-state index in [-0.39, 0.29) is 5.54 Å². The van der Waals surface area contributed by atoms with Gasteiger partial charge in [0.05, 0.1) is 5.71 Å². The molecule has 0 amide bonds. The summed E-state index contributed by atoms with van der Waals surface area (Å²) in [5.74, 6) is 0.464. The molecule has 112 valence electrons. The van der Waals surface area contributed by atoms with Crippen molar-refractivity contribution in [2.75, 3.05) is 0 Å². The summed E-state index contributed by atoms with van der Waals surface area (Å²) >= 11 is 0. The molecule has 0 spiro atoms. The molecule has 0 fully saturated rings. The van der Waals surface area contributed by atoms with Gasteiger partial charge in [-0.05, 0) is 40.2 Å². The summed E-state index contributed by atoms with van der Waals surface area (Å²) < 4.78 is 0. The van der Waals surface area contributed by atoms with Crippen LogP contribution in [0.2, 0.25) is 0 Å². The number of nitrogens with zero attached hydrogens (tertiary/aromatic N) is 1. The maximum absolute atomic E-state index is 4.70. The first kappa shape index (κ1) is 15.6. The molecule has 2 heteroatoms. The highest BCUT2D eigenvalue weighted by Gasteiger charge is 2.18. The van der Waals surface area contributed by atoms with E-state index in [1.807, 2.05) is 6.07 Å². The van der Waals surface area contributed by atoms with E-state index in [0.29, 0.717) is 5.92 Å². The lowest BCUT2D eigenvalue weighted by molar-refractivity contribution is 0.440. The number of hydrazone groups is 1. The normalized spacial score (nSPS) is 19.3. The molecule has 1 aliphatic carbocycles. The summed E-state index contributed by atoms with van der Waals surface area (Å²) in [6, 6.07) is 10.4. The van der Waals surface area contributed by atoms with Gasteiger partial charge >= 0.3 is 0 Å². The van der Waals surface area contributed by atoms with E-state index in [9.17, 15) is 0 Å². The molecule has 2 nitrogen and oxygen atoms in total. The third-order valence-electron chi connectivity index (χ3n) is 3.55. The molecule has 1 aromatic rings. The van der Waals surface area contributed by atoms with Crippen LogP contribution in [0.1, 0.15) is 46.6 Å². The van der Waals surface area contributed by atoms with Gasteiger partial charge in [0.1, 0.15) is 0 Å². The van der Waals surface area contributed by atoms with Crippen molar-refractivity contribution in [3.8, 4) is 0 Å². The molecule has 21 heavy (non-hydrogen) atoms. The quantitative estimate of drug-likeness (QED) is 0.628. The lowest BCUT2D eigenvalue weighted by atomic mass is 9.94. The Morgan fingerprint density at radius 3 is 2.33 bits per heavy atom. The smallest absolute Gasteiger partial charge is 0.0684 e. The van der Waals surface area contributed by atoms with Crippen molar-refractivity contribution in [3.63, 3.8) is 0 Å². The zero-order valence-corrected chi connectivity index (χ0v) is 13.8. The minimum atomic E-state index is -0.0215. The molecule has 1 N–H and O–H groups in total. The van der Waals surface area contributed by atoms with Gasteiger partial charge in [0, 0.05) is 17.9 Å². The molecule has 1 aliphatic rings. The topological polar surface area (TPSA) is 24.4 Å². The fourth-order valence-corrected chi connectivity index (χ4v) is 2.49. The third-order valence-corrected chi connectivity index (χ3v) is 3.55. The first-order chi connectivity index (χ1) is 9.85. The Bertz CT molecular complexity index is 571. The second-order valence-electron chi connectivity index (χ2n) is 6.90. The zero-order valence-electron chi connectivity index (χ0n) is 13.8. The van der Waals surface area contributed by atoms with Gasteiger partial charge in [-0.25, -0.2) is 0 Å². The van der Waals surface area contributed by atoms with E-state index < -0.39 is 0 Å². The summed E-state index contributed by atoms with van der Waals surface area (Å²) in [6.07, 6.45) is 5.54. The standard InChI is InChI=1S/C19H26N2/c1-14-11-15(2)17(12-14)13-18(20-21-19(3,4)5)16-9-7-6-8-10-16/h6-12,17,21H,13H2,1-5H3. The minimum Gasteiger partial charge on any atom is -0.305 e. The summed E-state index contributed by atoms with van der Waals surface area (Å²) in [6.45, 7) is 10.8. The highest BCUT2D eigenvalue weighted by molar-refractivity contribution is 6.00. The number of allylic oxidation sites excluding steroid dienone is 4.